The van der Waals surface area contributed by atoms with Crippen molar-refractivity contribution in [1.82, 2.24) is 10.2 Å². The van der Waals surface area contributed by atoms with Gasteiger partial charge < -0.3 is 14.5 Å². The molecule has 1 aromatic rings. The van der Waals surface area contributed by atoms with Crippen LogP contribution in [0.5, 0.6) is 0 Å². The summed E-state index contributed by atoms with van der Waals surface area (Å²) in [4.78, 5) is 14.7. The van der Waals surface area contributed by atoms with Gasteiger partial charge in [-0.15, -0.1) is 0 Å². The smallest absolute Gasteiger partial charge is 0.244 e. The fraction of sp³-hybridized carbons (Fsp3) is 0.611. The summed E-state index contributed by atoms with van der Waals surface area (Å²) in [5, 5.41) is 3.09. The molecule has 0 spiro atoms. The first-order valence-electron chi connectivity index (χ1n) is 8.61. The number of nitrogens with one attached hydrogen (secondary N) is 1. The van der Waals surface area contributed by atoms with E-state index in [1.807, 2.05) is 12.1 Å². The molecule has 0 aromatic carbocycles. The van der Waals surface area contributed by atoms with E-state index in [0.717, 1.165) is 39.1 Å². The molecule has 1 N–H and O–H groups in total. The molecule has 1 aromatic heterocycles. The van der Waals surface area contributed by atoms with Gasteiger partial charge in [0.05, 0.1) is 6.26 Å². The quantitative estimate of drug-likeness (QED) is 0.847. The summed E-state index contributed by atoms with van der Waals surface area (Å²) in [6.07, 6.45) is 10.7. The minimum absolute atomic E-state index is 0.0624. The molecule has 1 amide bonds. The lowest BCUT2D eigenvalue weighted by Crippen LogP contribution is -2.59. The van der Waals surface area contributed by atoms with Gasteiger partial charge in [-0.05, 0) is 57.0 Å². The Morgan fingerprint density at radius 1 is 1.26 bits per heavy atom. The molecule has 2 fully saturated rings. The zero-order valence-corrected chi connectivity index (χ0v) is 13.6. The third-order valence-corrected chi connectivity index (χ3v) is 4.98. The van der Waals surface area contributed by atoms with Crippen molar-refractivity contribution in [3.8, 4) is 0 Å². The summed E-state index contributed by atoms with van der Waals surface area (Å²) < 4.78 is 10.8. The SMILES string of the molecule is O=C(/C=C\c1ccco1)NCC1(N2CCCCC2)CCOCC1. The molecular weight excluding hydrogens is 292 g/mol. The maximum Gasteiger partial charge on any atom is 0.244 e. The molecule has 0 atom stereocenters. The van der Waals surface area contributed by atoms with Crippen LogP contribution in [0.2, 0.25) is 0 Å². The lowest BCUT2D eigenvalue weighted by molar-refractivity contribution is -0.118. The number of furan rings is 1. The zero-order chi connectivity index (χ0) is 16.0. The summed E-state index contributed by atoms with van der Waals surface area (Å²) in [5.74, 6) is 0.626. The van der Waals surface area contributed by atoms with Crippen molar-refractivity contribution >= 4 is 12.0 Å². The number of piperidine rings is 1. The van der Waals surface area contributed by atoms with Crippen LogP contribution in [0.4, 0.5) is 0 Å². The van der Waals surface area contributed by atoms with Gasteiger partial charge in [-0.1, -0.05) is 6.42 Å². The normalized spacial score (nSPS) is 22.3. The van der Waals surface area contributed by atoms with Gasteiger partial charge in [-0.2, -0.15) is 0 Å². The monoisotopic (exact) mass is 318 g/mol. The molecule has 0 radical (unpaired) electrons. The van der Waals surface area contributed by atoms with Gasteiger partial charge in [-0.3, -0.25) is 9.69 Å². The Balaban J connectivity index is 1.58. The molecule has 126 valence electrons. The average Bonchev–Trinajstić information content (AvgIpc) is 3.13. The Morgan fingerprint density at radius 2 is 2.04 bits per heavy atom. The van der Waals surface area contributed by atoms with Crippen LogP contribution in [-0.2, 0) is 9.53 Å². The van der Waals surface area contributed by atoms with Gasteiger partial charge >= 0.3 is 0 Å². The van der Waals surface area contributed by atoms with Crippen LogP contribution in [0.1, 0.15) is 37.9 Å². The van der Waals surface area contributed by atoms with Crippen LogP contribution in [-0.4, -0.2) is 49.2 Å². The lowest BCUT2D eigenvalue weighted by atomic mass is 9.86. The highest BCUT2D eigenvalue weighted by Crippen LogP contribution is 2.30. The topological polar surface area (TPSA) is 54.7 Å². The van der Waals surface area contributed by atoms with Gasteiger partial charge in [0.25, 0.3) is 0 Å². The highest BCUT2D eigenvalue weighted by Gasteiger charge is 2.38. The molecule has 0 saturated carbocycles. The first kappa shape index (κ1) is 16.3. The second-order valence-electron chi connectivity index (χ2n) is 6.45. The number of hydrogen-bond donors (Lipinski definition) is 1. The first-order valence-corrected chi connectivity index (χ1v) is 8.61. The zero-order valence-electron chi connectivity index (χ0n) is 13.6. The van der Waals surface area contributed by atoms with Crippen molar-refractivity contribution < 1.29 is 13.9 Å². The predicted octanol–water partition coefficient (Wildman–Crippen LogP) is 2.44. The van der Waals surface area contributed by atoms with Gasteiger partial charge in [-0.25, -0.2) is 0 Å². The van der Waals surface area contributed by atoms with Crippen LogP contribution < -0.4 is 5.32 Å². The minimum Gasteiger partial charge on any atom is -0.465 e. The number of carbonyl (C=O) groups is 1. The predicted molar refractivity (Wildman–Crippen MR) is 89.0 cm³/mol. The maximum atomic E-state index is 12.1. The Labute approximate surface area is 137 Å². The number of hydrogen-bond acceptors (Lipinski definition) is 4. The summed E-state index contributed by atoms with van der Waals surface area (Å²) in [6.45, 7) is 4.54. The summed E-state index contributed by atoms with van der Waals surface area (Å²) in [7, 11) is 0. The Kier molecular flexibility index (Phi) is 5.51. The van der Waals surface area contributed by atoms with E-state index in [0.29, 0.717) is 12.3 Å². The first-order chi connectivity index (χ1) is 11.3. The molecule has 5 heteroatoms. The Morgan fingerprint density at radius 3 is 2.74 bits per heavy atom. The highest BCUT2D eigenvalue weighted by atomic mass is 16.5. The average molecular weight is 318 g/mol. The third-order valence-electron chi connectivity index (χ3n) is 4.98. The maximum absolute atomic E-state index is 12.1. The van der Waals surface area contributed by atoms with E-state index in [-0.39, 0.29) is 11.4 Å². The van der Waals surface area contributed by atoms with E-state index in [1.54, 1.807) is 18.4 Å². The second kappa shape index (κ2) is 7.79. The highest BCUT2D eigenvalue weighted by molar-refractivity contribution is 5.91. The summed E-state index contributed by atoms with van der Waals surface area (Å²) >= 11 is 0. The molecule has 2 aliphatic heterocycles. The van der Waals surface area contributed by atoms with E-state index < -0.39 is 0 Å². The Bertz CT molecular complexity index is 512. The number of amides is 1. The van der Waals surface area contributed by atoms with Crippen LogP contribution in [0.3, 0.4) is 0 Å². The number of nitrogens with zero attached hydrogens (tertiary/aromatic N) is 1. The van der Waals surface area contributed by atoms with Crippen LogP contribution in [0, 0.1) is 0 Å². The molecular formula is C18H26N2O3. The van der Waals surface area contributed by atoms with Gasteiger partial charge in [0.2, 0.25) is 5.91 Å². The van der Waals surface area contributed by atoms with Crippen LogP contribution in [0.15, 0.2) is 28.9 Å². The van der Waals surface area contributed by atoms with Gasteiger partial charge in [0.15, 0.2) is 0 Å². The molecule has 0 aliphatic carbocycles. The summed E-state index contributed by atoms with van der Waals surface area (Å²) in [5.41, 5.74) is 0.0624. The van der Waals surface area contributed by atoms with E-state index >= 15 is 0 Å². The standard InChI is InChI=1S/C18H26N2O3/c21-17(7-6-16-5-4-12-23-16)19-15-18(8-13-22-14-9-18)20-10-2-1-3-11-20/h4-7,12H,1-3,8-11,13-15H2,(H,19,21)/b7-6-. The number of likely N-dealkylation sites (tertiary alicyclic amines) is 1. The molecule has 2 aliphatic rings. The van der Waals surface area contributed by atoms with Crippen LogP contribution >= 0.6 is 0 Å². The fourth-order valence-corrected chi connectivity index (χ4v) is 3.58. The second-order valence-corrected chi connectivity index (χ2v) is 6.45. The van der Waals surface area contributed by atoms with Gasteiger partial charge in [0, 0.05) is 31.4 Å². The largest absolute Gasteiger partial charge is 0.465 e. The van der Waals surface area contributed by atoms with Crippen molar-refractivity contribution in [1.29, 1.82) is 0 Å². The molecule has 2 saturated heterocycles. The number of rotatable bonds is 5. The summed E-state index contributed by atoms with van der Waals surface area (Å²) in [6, 6.07) is 3.64. The van der Waals surface area contributed by atoms with Crippen molar-refractivity contribution in [3.05, 3.63) is 30.2 Å². The fourth-order valence-electron chi connectivity index (χ4n) is 3.58. The molecule has 0 bridgehead atoms. The lowest BCUT2D eigenvalue weighted by Gasteiger charge is -2.48. The number of carbonyl (C=O) groups excluding carboxylic acids is 1. The van der Waals surface area contributed by atoms with Crippen molar-refractivity contribution in [2.24, 2.45) is 0 Å². The van der Waals surface area contributed by atoms with E-state index in [9.17, 15) is 4.79 Å². The third kappa shape index (κ3) is 4.24. The van der Waals surface area contributed by atoms with Crippen molar-refractivity contribution in [2.75, 3.05) is 32.8 Å². The van der Waals surface area contributed by atoms with Gasteiger partial charge in [0.1, 0.15) is 5.76 Å². The van der Waals surface area contributed by atoms with Crippen LogP contribution in [0.25, 0.3) is 6.08 Å². The van der Waals surface area contributed by atoms with E-state index in [1.165, 1.54) is 19.3 Å². The molecule has 0 unspecified atom stereocenters. The van der Waals surface area contributed by atoms with Crippen molar-refractivity contribution in [3.63, 3.8) is 0 Å². The number of ether oxygens (including phenoxy) is 1. The van der Waals surface area contributed by atoms with Crippen molar-refractivity contribution in [2.45, 2.75) is 37.6 Å². The molecule has 3 heterocycles. The molecule has 5 nitrogen and oxygen atoms in total. The molecule has 3 rings (SSSR count). The Hall–Kier alpha value is -1.59. The molecule has 23 heavy (non-hydrogen) atoms. The minimum atomic E-state index is -0.0655. The van der Waals surface area contributed by atoms with E-state index in [2.05, 4.69) is 10.2 Å². The van der Waals surface area contributed by atoms with E-state index in [4.69, 9.17) is 9.15 Å².